The third-order valence-electron chi connectivity index (χ3n) is 4.80. The van der Waals surface area contributed by atoms with E-state index in [0.29, 0.717) is 12.4 Å². The number of thiazole rings is 1. The van der Waals surface area contributed by atoms with Gasteiger partial charge in [0.25, 0.3) is 0 Å². The van der Waals surface area contributed by atoms with Crippen LogP contribution >= 0.6 is 23.1 Å². The Morgan fingerprint density at radius 1 is 1.03 bits per heavy atom. The molecular weight excluding hydrogens is 400 g/mol. The zero-order valence-electron chi connectivity index (χ0n) is 15.8. The summed E-state index contributed by atoms with van der Waals surface area (Å²) < 4.78 is 9.36. The Morgan fingerprint density at radius 3 is 2.41 bits per heavy atom. The number of hydrogen-bond acceptors (Lipinski definition) is 5. The van der Waals surface area contributed by atoms with Crippen LogP contribution in [0, 0.1) is 0 Å². The maximum atomic E-state index is 13.2. The van der Waals surface area contributed by atoms with E-state index in [9.17, 15) is 4.79 Å². The van der Waals surface area contributed by atoms with Crippen molar-refractivity contribution in [1.29, 1.82) is 0 Å². The number of para-hydroxylation sites is 2. The molecule has 0 bridgehead atoms. The fourth-order valence-corrected chi connectivity index (χ4v) is 5.53. The van der Waals surface area contributed by atoms with Gasteiger partial charge in [-0.15, -0.1) is 11.3 Å². The summed E-state index contributed by atoms with van der Waals surface area (Å²) in [7, 11) is 0. The van der Waals surface area contributed by atoms with Crippen molar-refractivity contribution < 1.29 is 9.53 Å². The average Bonchev–Trinajstić information content (AvgIpc) is 3.30. The van der Waals surface area contributed by atoms with Gasteiger partial charge in [0.1, 0.15) is 5.75 Å². The van der Waals surface area contributed by atoms with Gasteiger partial charge in [0, 0.05) is 10.8 Å². The lowest BCUT2D eigenvalue weighted by atomic mass is 10.2. The third-order valence-corrected chi connectivity index (χ3v) is 6.95. The molecule has 0 fully saturated rings. The number of ether oxygens (including phenoxy) is 1. The molecule has 0 aliphatic rings. The van der Waals surface area contributed by atoms with Gasteiger partial charge in [0.05, 0.1) is 33.6 Å². The van der Waals surface area contributed by atoms with Crippen molar-refractivity contribution in [3.05, 3.63) is 66.7 Å². The van der Waals surface area contributed by atoms with Crippen LogP contribution in [0.3, 0.4) is 0 Å². The fraction of sp³-hybridized carbons (Fsp3) is 0.130. The van der Waals surface area contributed by atoms with E-state index >= 15 is 0 Å². The minimum absolute atomic E-state index is 0.0571. The Kier molecular flexibility index (Phi) is 4.73. The van der Waals surface area contributed by atoms with Crippen molar-refractivity contribution in [1.82, 2.24) is 9.55 Å². The highest BCUT2D eigenvalue weighted by atomic mass is 32.2. The molecule has 0 spiro atoms. The molecule has 5 rings (SSSR count). The first-order valence-corrected chi connectivity index (χ1v) is 11.2. The van der Waals surface area contributed by atoms with Crippen molar-refractivity contribution in [2.24, 2.45) is 0 Å². The standard InChI is InChI=1S/C23H18N2O2S2/c1-2-27-15-11-12-18-21(13-15)29-23(24-18)28-14-22(26)25-19-9-5-3-7-16(19)17-8-4-6-10-20(17)25/h3-13H,2,14H2,1H3. The molecule has 144 valence electrons. The lowest BCUT2D eigenvalue weighted by molar-refractivity contribution is 0.0951. The summed E-state index contributed by atoms with van der Waals surface area (Å²) in [6.07, 6.45) is 0. The second kappa shape index (κ2) is 7.54. The summed E-state index contributed by atoms with van der Waals surface area (Å²) in [4.78, 5) is 17.8. The van der Waals surface area contributed by atoms with Crippen molar-refractivity contribution in [2.75, 3.05) is 12.4 Å². The lowest BCUT2D eigenvalue weighted by Gasteiger charge is -2.05. The number of aromatic nitrogens is 2. The van der Waals surface area contributed by atoms with Crippen molar-refractivity contribution in [3.63, 3.8) is 0 Å². The number of carbonyl (C=O) groups is 1. The van der Waals surface area contributed by atoms with Crippen molar-refractivity contribution in [3.8, 4) is 5.75 Å². The summed E-state index contributed by atoms with van der Waals surface area (Å²) in [5, 5.41) is 2.20. The van der Waals surface area contributed by atoms with Crippen LogP contribution in [0.15, 0.2) is 71.1 Å². The number of hydrogen-bond donors (Lipinski definition) is 0. The fourth-order valence-electron chi connectivity index (χ4n) is 3.58. The van der Waals surface area contributed by atoms with E-state index in [1.165, 1.54) is 11.8 Å². The second-order valence-electron chi connectivity index (χ2n) is 6.59. The maximum absolute atomic E-state index is 13.2. The van der Waals surface area contributed by atoms with E-state index < -0.39 is 0 Å². The Hall–Kier alpha value is -2.83. The van der Waals surface area contributed by atoms with Crippen LogP contribution in [0.2, 0.25) is 0 Å². The Bertz CT molecular complexity index is 1300. The van der Waals surface area contributed by atoms with E-state index in [1.54, 1.807) is 11.3 Å². The molecule has 0 radical (unpaired) electrons. The lowest BCUT2D eigenvalue weighted by Crippen LogP contribution is -2.12. The molecule has 0 aliphatic carbocycles. The quantitative estimate of drug-likeness (QED) is 0.317. The van der Waals surface area contributed by atoms with E-state index in [4.69, 9.17) is 4.74 Å². The van der Waals surface area contributed by atoms with Gasteiger partial charge in [-0.25, -0.2) is 4.98 Å². The van der Waals surface area contributed by atoms with Crippen LogP contribution in [0.1, 0.15) is 11.7 Å². The van der Waals surface area contributed by atoms with Crippen LogP contribution in [-0.4, -0.2) is 27.8 Å². The number of benzene rings is 3. The van der Waals surface area contributed by atoms with Gasteiger partial charge in [0.2, 0.25) is 5.91 Å². The van der Waals surface area contributed by atoms with E-state index in [-0.39, 0.29) is 5.91 Å². The molecule has 3 aromatic carbocycles. The largest absolute Gasteiger partial charge is 0.494 e. The van der Waals surface area contributed by atoms with Crippen LogP contribution < -0.4 is 4.74 Å². The maximum Gasteiger partial charge on any atom is 0.242 e. The SMILES string of the molecule is CCOc1ccc2nc(SCC(=O)n3c4ccccc4c4ccccc43)sc2c1. The van der Waals surface area contributed by atoms with Gasteiger partial charge in [0.15, 0.2) is 4.34 Å². The molecule has 0 N–H and O–H groups in total. The molecule has 0 unspecified atom stereocenters. The van der Waals surface area contributed by atoms with Gasteiger partial charge in [-0.2, -0.15) is 0 Å². The number of carbonyl (C=O) groups excluding carboxylic acids is 1. The molecule has 0 saturated carbocycles. The first kappa shape index (κ1) is 18.2. The molecule has 2 aromatic heterocycles. The zero-order valence-corrected chi connectivity index (χ0v) is 17.4. The minimum Gasteiger partial charge on any atom is -0.494 e. The van der Waals surface area contributed by atoms with Crippen LogP contribution in [-0.2, 0) is 0 Å². The first-order valence-electron chi connectivity index (χ1n) is 9.42. The van der Waals surface area contributed by atoms with Gasteiger partial charge >= 0.3 is 0 Å². The summed E-state index contributed by atoms with van der Waals surface area (Å²) in [5.41, 5.74) is 2.83. The first-order chi connectivity index (χ1) is 14.2. The molecule has 5 aromatic rings. The van der Waals surface area contributed by atoms with Crippen LogP contribution in [0.25, 0.3) is 32.0 Å². The molecule has 29 heavy (non-hydrogen) atoms. The smallest absolute Gasteiger partial charge is 0.242 e. The summed E-state index contributed by atoms with van der Waals surface area (Å²) in [5.74, 6) is 1.24. The van der Waals surface area contributed by atoms with Gasteiger partial charge in [-0.1, -0.05) is 48.2 Å². The molecule has 0 aliphatic heterocycles. The molecule has 0 amide bonds. The summed E-state index contributed by atoms with van der Waals surface area (Å²) >= 11 is 3.08. The zero-order chi connectivity index (χ0) is 19.8. The van der Waals surface area contributed by atoms with Crippen molar-refractivity contribution >= 4 is 61.0 Å². The molecule has 4 nitrogen and oxygen atoms in total. The molecular formula is C23H18N2O2S2. The summed E-state index contributed by atoms with van der Waals surface area (Å²) in [6, 6.07) is 22.0. The topological polar surface area (TPSA) is 44.1 Å². The number of rotatable bonds is 5. The predicted molar refractivity (Wildman–Crippen MR) is 122 cm³/mol. The predicted octanol–water partition coefficient (Wildman–Crippen LogP) is 6.24. The van der Waals surface area contributed by atoms with Crippen LogP contribution in [0.4, 0.5) is 0 Å². The molecule has 6 heteroatoms. The third kappa shape index (κ3) is 3.28. The van der Waals surface area contributed by atoms with E-state index in [1.807, 2.05) is 66.1 Å². The van der Waals surface area contributed by atoms with Gasteiger partial charge < -0.3 is 4.74 Å². The molecule has 0 saturated heterocycles. The number of thioether (sulfide) groups is 1. The Labute approximate surface area is 176 Å². The summed E-state index contributed by atoms with van der Waals surface area (Å²) in [6.45, 7) is 2.61. The van der Waals surface area contributed by atoms with Crippen LogP contribution in [0.5, 0.6) is 5.75 Å². The normalized spacial score (nSPS) is 11.5. The highest BCUT2D eigenvalue weighted by Crippen LogP contribution is 2.33. The number of fused-ring (bicyclic) bond motifs is 4. The van der Waals surface area contributed by atoms with Gasteiger partial charge in [-0.3, -0.25) is 9.36 Å². The monoisotopic (exact) mass is 418 g/mol. The highest BCUT2D eigenvalue weighted by Gasteiger charge is 2.16. The Balaban J connectivity index is 1.44. The molecule has 2 heterocycles. The highest BCUT2D eigenvalue weighted by molar-refractivity contribution is 8.01. The van der Waals surface area contributed by atoms with E-state index in [0.717, 1.165) is 42.1 Å². The number of nitrogens with zero attached hydrogens (tertiary/aromatic N) is 2. The van der Waals surface area contributed by atoms with E-state index in [2.05, 4.69) is 17.1 Å². The molecule has 0 atom stereocenters. The van der Waals surface area contributed by atoms with Gasteiger partial charge in [-0.05, 0) is 37.3 Å². The minimum atomic E-state index is 0.0571. The average molecular weight is 419 g/mol. The second-order valence-corrected chi connectivity index (χ2v) is 8.85. The Morgan fingerprint density at radius 2 is 1.72 bits per heavy atom. The van der Waals surface area contributed by atoms with Crippen molar-refractivity contribution in [2.45, 2.75) is 11.3 Å².